The van der Waals surface area contributed by atoms with Crippen LogP contribution in [0.25, 0.3) is 16.5 Å². The molecule has 0 saturated heterocycles. The average molecular weight is 495 g/mol. The number of rotatable bonds is 6. The van der Waals surface area contributed by atoms with E-state index in [-0.39, 0.29) is 16.7 Å². The first kappa shape index (κ1) is 25.8. The molecule has 1 aromatic heterocycles. The SMILES string of the molecule is C=C1c2ccc(CCC(=O)C3CCC(C(=C)CC(C)(C)C)CC3)cc2C(C)(C)c2oc3ccccc3c21. The van der Waals surface area contributed by atoms with Gasteiger partial charge in [0.25, 0.3) is 0 Å². The van der Waals surface area contributed by atoms with Gasteiger partial charge in [0.2, 0.25) is 0 Å². The maximum absolute atomic E-state index is 13.2. The summed E-state index contributed by atoms with van der Waals surface area (Å²) in [5.41, 5.74) is 8.13. The van der Waals surface area contributed by atoms with E-state index < -0.39 is 0 Å². The Kier molecular flexibility index (Phi) is 6.59. The summed E-state index contributed by atoms with van der Waals surface area (Å²) >= 11 is 0. The monoisotopic (exact) mass is 494 g/mol. The zero-order valence-corrected chi connectivity index (χ0v) is 23.4. The Morgan fingerprint density at radius 1 is 1.03 bits per heavy atom. The summed E-state index contributed by atoms with van der Waals surface area (Å²) < 4.78 is 6.38. The number of para-hydroxylation sites is 1. The lowest BCUT2D eigenvalue weighted by Crippen LogP contribution is -2.26. The maximum atomic E-state index is 13.2. The van der Waals surface area contributed by atoms with Crippen LogP contribution in [-0.4, -0.2) is 5.78 Å². The van der Waals surface area contributed by atoms with Crippen LogP contribution in [0.15, 0.2) is 65.6 Å². The molecule has 2 heteroatoms. The van der Waals surface area contributed by atoms with Gasteiger partial charge in [-0.1, -0.05) is 75.9 Å². The number of aryl methyl sites for hydroxylation is 1. The Bertz CT molecular complexity index is 1370. The van der Waals surface area contributed by atoms with E-state index in [1.54, 1.807) is 0 Å². The van der Waals surface area contributed by atoms with E-state index in [4.69, 9.17) is 4.42 Å². The number of fused-ring (bicyclic) bond motifs is 4. The molecule has 1 heterocycles. The molecule has 0 N–H and O–H groups in total. The van der Waals surface area contributed by atoms with Crippen molar-refractivity contribution in [1.82, 2.24) is 0 Å². The summed E-state index contributed by atoms with van der Waals surface area (Å²) in [4.78, 5) is 13.2. The molecule has 2 aromatic carbocycles. The van der Waals surface area contributed by atoms with Crippen LogP contribution in [0.1, 0.15) is 101 Å². The lowest BCUT2D eigenvalue weighted by molar-refractivity contribution is -0.123. The second kappa shape index (κ2) is 9.46. The number of furan rings is 1. The Labute approximate surface area is 222 Å². The van der Waals surface area contributed by atoms with E-state index in [9.17, 15) is 4.79 Å². The van der Waals surface area contributed by atoms with Gasteiger partial charge in [-0.25, -0.2) is 0 Å². The van der Waals surface area contributed by atoms with E-state index in [0.717, 1.165) is 66.4 Å². The smallest absolute Gasteiger partial charge is 0.136 e. The Hall–Kier alpha value is -2.87. The molecule has 1 fully saturated rings. The highest BCUT2D eigenvalue weighted by atomic mass is 16.3. The molecule has 1 saturated carbocycles. The van der Waals surface area contributed by atoms with Gasteiger partial charge in [0.1, 0.15) is 17.1 Å². The van der Waals surface area contributed by atoms with Crippen molar-refractivity contribution in [1.29, 1.82) is 0 Å². The average Bonchev–Trinajstić information content (AvgIpc) is 3.26. The third-order valence-corrected chi connectivity index (χ3v) is 8.72. The summed E-state index contributed by atoms with van der Waals surface area (Å²) in [7, 11) is 0. The largest absolute Gasteiger partial charge is 0.459 e. The van der Waals surface area contributed by atoms with Crippen LogP contribution in [0, 0.1) is 17.3 Å². The van der Waals surface area contributed by atoms with E-state index >= 15 is 0 Å². The third kappa shape index (κ3) is 4.88. The van der Waals surface area contributed by atoms with Crippen LogP contribution in [0.5, 0.6) is 0 Å². The number of carbonyl (C=O) groups is 1. The molecule has 0 atom stereocenters. The van der Waals surface area contributed by atoms with Gasteiger partial charge in [-0.2, -0.15) is 0 Å². The van der Waals surface area contributed by atoms with E-state index in [2.05, 4.69) is 78.1 Å². The maximum Gasteiger partial charge on any atom is 0.136 e. The first-order chi connectivity index (χ1) is 17.5. The van der Waals surface area contributed by atoms with Crippen LogP contribution in [0.2, 0.25) is 0 Å². The quantitative estimate of drug-likeness (QED) is 0.319. The van der Waals surface area contributed by atoms with Gasteiger partial charge in [0.05, 0.1) is 0 Å². The predicted octanol–water partition coefficient (Wildman–Crippen LogP) is 9.43. The fraction of sp³-hybridized carbons (Fsp3) is 0.457. The van der Waals surface area contributed by atoms with Crippen molar-refractivity contribution in [3.05, 3.63) is 89.2 Å². The van der Waals surface area contributed by atoms with Crippen molar-refractivity contribution in [2.24, 2.45) is 17.3 Å². The molecule has 2 nitrogen and oxygen atoms in total. The lowest BCUT2D eigenvalue weighted by Gasteiger charge is -2.33. The molecule has 194 valence electrons. The summed E-state index contributed by atoms with van der Waals surface area (Å²) in [6, 6.07) is 14.9. The Morgan fingerprint density at radius 3 is 2.41 bits per heavy atom. The number of carbonyl (C=O) groups excluding carboxylic acids is 1. The van der Waals surface area contributed by atoms with Crippen molar-refractivity contribution >= 4 is 22.3 Å². The lowest BCUT2D eigenvalue weighted by atomic mass is 9.70. The third-order valence-electron chi connectivity index (χ3n) is 8.72. The van der Waals surface area contributed by atoms with Gasteiger partial charge in [0.15, 0.2) is 0 Å². The van der Waals surface area contributed by atoms with Crippen LogP contribution in [0.3, 0.4) is 0 Å². The van der Waals surface area contributed by atoms with Crippen molar-refractivity contribution < 1.29 is 9.21 Å². The molecule has 0 aliphatic heterocycles. The standard InChI is InChI=1S/C35H42O2/c1-22(21-34(3,4)5)25-14-16-26(17-15-25)30(36)19-13-24-12-18-27-23(2)32-28-10-8-9-11-31(28)37-33(32)35(6,7)29(27)20-24/h8-12,18,20,25-26H,1-2,13-17,19,21H2,3-7H3. The van der Waals surface area contributed by atoms with Gasteiger partial charge in [0, 0.05) is 28.7 Å². The van der Waals surface area contributed by atoms with E-state index in [1.165, 1.54) is 22.3 Å². The molecule has 0 spiro atoms. The van der Waals surface area contributed by atoms with E-state index in [0.29, 0.717) is 18.1 Å². The molecule has 0 bridgehead atoms. The highest BCUT2D eigenvalue weighted by molar-refractivity contribution is 5.99. The van der Waals surface area contributed by atoms with Crippen molar-refractivity contribution in [3.8, 4) is 0 Å². The van der Waals surface area contributed by atoms with Gasteiger partial charge in [-0.3, -0.25) is 4.79 Å². The molecule has 2 aliphatic carbocycles. The van der Waals surface area contributed by atoms with Crippen molar-refractivity contribution in [2.45, 2.75) is 85.0 Å². The molecular formula is C35H42O2. The van der Waals surface area contributed by atoms with Gasteiger partial charge < -0.3 is 4.42 Å². The molecular weight excluding hydrogens is 452 g/mol. The summed E-state index contributed by atoms with van der Waals surface area (Å²) in [5, 5.41) is 1.13. The van der Waals surface area contributed by atoms with Crippen LogP contribution < -0.4 is 0 Å². The molecule has 2 aliphatic rings. The number of ketones is 1. The normalized spacial score (nSPS) is 20.9. The molecule has 0 unspecified atom stereocenters. The van der Waals surface area contributed by atoms with Gasteiger partial charge in [-0.15, -0.1) is 0 Å². The number of hydrogen-bond acceptors (Lipinski definition) is 2. The fourth-order valence-electron chi connectivity index (χ4n) is 6.69. The molecule has 5 rings (SSSR count). The van der Waals surface area contributed by atoms with Crippen molar-refractivity contribution in [3.63, 3.8) is 0 Å². The minimum atomic E-state index is -0.265. The summed E-state index contributed by atoms with van der Waals surface area (Å²) in [6.07, 6.45) is 6.73. The Balaban J connectivity index is 1.26. The van der Waals surface area contributed by atoms with Crippen molar-refractivity contribution in [2.75, 3.05) is 0 Å². The molecule has 3 aromatic rings. The highest BCUT2D eigenvalue weighted by Crippen LogP contribution is 2.49. The summed E-state index contributed by atoms with van der Waals surface area (Å²) in [6.45, 7) is 20.2. The highest BCUT2D eigenvalue weighted by Gasteiger charge is 2.39. The minimum absolute atomic E-state index is 0.214. The zero-order valence-electron chi connectivity index (χ0n) is 23.4. The van der Waals surface area contributed by atoms with Gasteiger partial charge >= 0.3 is 0 Å². The number of benzene rings is 2. The number of Topliss-reactive ketones (excluding diaryl/α,β-unsaturated/α-hetero) is 1. The second-order valence-electron chi connectivity index (χ2n) is 13.2. The predicted molar refractivity (Wildman–Crippen MR) is 155 cm³/mol. The molecule has 0 amide bonds. The minimum Gasteiger partial charge on any atom is -0.459 e. The van der Waals surface area contributed by atoms with Crippen LogP contribution >= 0.6 is 0 Å². The summed E-state index contributed by atoms with van der Waals surface area (Å²) in [5.74, 6) is 2.22. The number of hydrogen-bond donors (Lipinski definition) is 0. The van der Waals surface area contributed by atoms with E-state index in [1.807, 2.05) is 12.1 Å². The van der Waals surface area contributed by atoms with Crippen LogP contribution in [-0.2, 0) is 16.6 Å². The molecule has 37 heavy (non-hydrogen) atoms. The molecule has 0 radical (unpaired) electrons. The zero-order chi connectivity index (χ0) is 26.5. The first-order valence-corrected chi connectivity index (χ1v) is 14.0. The fourth-order valence-corrected chi connectivity index (χ4v) is 6.69. The topological polar surface area (TPSA) is 30.2 Å². The second-order valence-corrected chi connectivity index (χ2v) is 13.2. The van der Waals surface area contributed by atoms with Gasteiger partial charge in [-0.05, 0) is 92.0 Å². The Morgan fingerprint density at radius 2 is 1.70 bits per heavy atom. The van der Waals surface area contributed by atoms with Crippen LogP contribution in [0.4, 0.5) is 0 Å². The first-order valence-electron chi connectivity index (χ1n) is 14.0. The number of allylic oxidation sites excluding steroid dienone is 1.